The zero-order valence-electron chi connectivity index (χ0n) is 12.5. The lowest BCUT2D eigenvalue weighted by Crippen LogP contribution is -1.97. The van der Waals surface area contributed by atoms with Crippen molar-refractivity contribution < 1.29 is 19.1 Å². The largest absolute Gasteiger partial charge is 0.497 e. The zero-order valence-corrected chi connectivity index (χ0v) is 13.3. The Kier molecular flexibility index (Phi) is 4.57. The number of hydrogen-bond donors (Lipinski definition) is 0. The third-order valence-electron chi connectivity index (χ3n) is 3.31. The van der Waals surface area contributed by atoms with Crippen molar-refractivity contribution in [3.63, 3.8) is 0 Å². The first-order valence-electron chi connectivity index (χ1n) is 7.07. The van der Waals surface area contributed by atoms with Crippen LogP contribution in [0.15, 0.2) is 46.2 Å². The molecule has 0 fully saturated rings. The van der Waals surface area contributed by atoms with Crippen LogP contribution in [0.4, 0.5) is 5.69 Å². The molecule has 0 spiro atoms. The molecule has 7 heteroatoms. The van der Waals surface area contributed by atoms with Crippen LogP contribution in [0.5, 0.6) is 17.2 Å². The van der Waals surface area contributed by atoms with Crippen molar-refractivity contribution >= 4 is 17.4 Å². The highest BCUT2D eigenvalue weighted by molar-refractivity contribution is 7.99. The van der Waals surface area contributed by atoms with Crippen LogP contribution in [0, 0.1) is 10.1 Å². The van der Waals surface area contributed by atoms with Gasteiger partial charge in [-0.25, -0.2) is 0 Å². The van der Waals surface area contributed by atoms with Gasteiger partial charge in [0.1, 0.15) is 5.75 Å². The number of rotatable bonds is 4. The van der Waals surface area contributed by atoms with E-state index in [1.54, 1.807) is 12.1 Å². The van der Waals surface area contributed by atoms with Gasteiger partial charge in [0.15, 0.2) is 11.5 Å². The third-order valence-corrected chi connectivity index (χ3v) is 4.36. The lowest BCUT2D eigenvalue weighted by molar-refractivity contribution is -0.387. The summed E-state index contributed by atoms with van der Waals surface area (Å²) in [5, 5.41) is 11.3. The zero-order chi connectivity index (χ0) is 16.2. The number of nitro benzene ring substituents is 1. The fourth-order valence-electron chi connectivity index (χ4n) is 2.19. The second-order valence-electron chi connectivity index (χ2n) is 4.85. The minimum atomic E-state index is -0.409. The average molecular weight is 333 g/mol. The van der Waals surface area contributed by atoms with E-state index in [-0.39, 0.29) is 5.69 Å². The first-order valence-corrected chi connectivity index (χ1v) is 7.89. The number of methoxy groups -OCH3 is 1. The molecule has 0 aromatic heterocycles. The fraction of sp³-hybridized carbons (Fsp3) is 0.250. The molecule has 0 radical (unpaired) electrons. The standard InChI is InChI=1S/C16H15NO5S/c1-20-11-3-6-16(13(9-11)17(18)19)23-12-4-5-14-15(10-12)22-8-2-7-21-14/h3-6,9-10H,2,7-8H2,1H3. The predicted octanol–water partition coefficient (Wildman–Crippen LogP) is 3.92. The first-order chi connectivity index (χ1) is 11.2. The highest BCUT2D eigenvalue weighted by Crippen LogP contribution is 2.40. The Labute approximate surface area is 137 Å². The topological polar surface area (TPSA) is 70.8 Å². The summed E-state index contributed by atoms with van der Waals surface area (Å²) in [5.74, 6) is 1.83. The van der Waals surface area contributed by atoms with Gasteiger partial charge in [0.25, 0.3) is 5.69 Å². The normalized spacial score (nSPS) is 13.3. The molecule has 0 N–H and O–H groups in total. The van der Waals surface area contributed by atoms with Crippen LogP contribution >= 0.6 is 11.8 Å². The van der Waals surface area contributed by atoms with Crippen molar-refractivity contribution in [3.05, 3.63) is 46.5 Å². The maximum atomic E-state index is 11.3. The molecule has 0 aliphatic carbocycles. The molecule has 2 aromatic carbocycles. The molecule has 1 aliphatic rings. The summed E-state index contributed by atoms with van der Waals surface area (Å²) in [6.07, 6.45) is 0.834. The number of fused-ring (bicyclic) bond motifs is 1. The van der Waals surface area contributed by atoms with Crippen LogP contribution in [0.25, 0.3) is 0 Å². The van der Waals surface area contributed by atoms with Crippen molar-refractivity contribution in [3.8, 4) is 17.2 Å². The molecule has 3 rings (SSSR count). The number of nitrogens with zero attached hydrogens (tertiary/aromatic N) is 1. The molecule has 23 heavy (non-hydrogen) atoms. The van der Waals surface area contributed by atoms with Gasteiger partial charge in [-0.1, -0.05) is 11.8 Å². The van der Waals surface area contributed by atoms with Gasteiger partial charge >= 0.3 is 0 Å². The third kappa shape index (κ3) is 3.50. The summed E-state index contributed by atoms with van der Waals surface area (Å²) < 4.78 is 16.3. The summed E-state index contributed by atoms with van der Waals surface area (Å²) in [7, 11) is 1.48. The van der Waals surface area contributed by atoms with Crippen LogP contribution in [0.1, 0.15) is 6.42 Å². The van der Waals surface area contributed by atoms with E-state index < -0.39 is 4.92 Å². The molecule has 1 heterocycles. The maximum absolute atomic E-state index is 11.3. The van der Waals surface area contributed by atoms with E-state index in [1.165, 1.54) is 24.9 Å². The summed E-state index contributed by atoms with van der Waals surface area (Å²) in [5.41, 5.74) is 0.0152. The van der Waals surface area contributed by atoms with E-state index in [0.29, 0.717) is 35.4 Å². The number of nitro groups is 1. The molecular weight excluding hydrogens is 318 g/mol. The van der Waals surface area contributed by atoms with Gasteiger partial charge < -0.3 is 14.2 Å². The summed E-state index contributed by atoms with van der Waals surface area (Å²) in [6, 6.07) is 10.4. The summed E-state index contributed by atoms with van der Waals surface area (Å²) in [6.45, 7) is 1.23. The smallest absolute Gasteiger partial charge is 0.286 e. The molecule has 0 saturated carbocycles. The van der Waals surface area contributed by atoms with Crippen LogP contribution in [0.3, 0.4) is 0 Å². The Morgan fingerprint density at radius 3 is 2.65 bits per heavy atom. The van der Waals surface area contributed by atoms with Crippen molar-refractivity contribution in [1.82, 2.24) is 0 Å². The summed E-state index contributed by atoms with van der Waals surface area (Å²) >= 11 is 1.31. The lowest BCUT2D eigenvalue weighted by Gasteiger charge is -2.09. The van der Waals surface area contributed by atoms with E-state index in [2.05, 4.69) is 0 Å². The number of hydrogen-bond acceptors (Lipinski definition) is 6. The van der Waals surface area contributed by atoms with Crippen molar-refractivity contribution in [2.45, 2.75) is 16.2 Å². The van der Waals surface area contributed by atoms with E-state index in [1.807, 2.05) is 18.2 Å². The summed E-state index contributed by atoms with van der Waals surface area (Å²) in [4.78, 5) is 12.2. The average Bonchev–Trinajstić information content (AvgIpc) is 2.80. The van der Waals surface area contributed by atoms with Crippen molar-refractivity contribution in [2.24, 2.45) is 0 Å². The van der Waals surface area contributed by atoms with Crippen molar-refractivity contribution in [2.75, 3.05) is 20.3 Å². The minimum absolute atomic E-state index is 0.0152. The minimum Gasteiger partial charge on any atom is -0.497 e. The quantitative estimate of drug-likeness (QED) is 0.624. The number of ether oxygens (including phenoxy) is 3. The molecule has 0 amide bonds. The Hall–Kier alpha value is -2.41. The molecule has 120 valence electrons. The molecule has 2 aromatic rings. The van der Waals surface area contributed by atoms with Gasteiger partial charge in [0.2, 0.25) is 0 Å². The highest BCUT2D eigenvalue weighted by atomic mass is 32.2. The molecule has 0 saturated heterocycles. The van der Waals surface area contributed by atoms with Gasteiger partial charge in [0.05, 0.1) is 36.2 Å². The number of benzene rings is 2. The first kappa shape index (κ1) is 15.5. The fourth-order valence-corrected chi connectivity index (χ4v) is 3.12. The van der Waals surface area contributed by atoms with Crippen LogP contribution < -0.4 is 14.2 Å². The predicted molar refractivity (Wildman–Crippen MR) is 85.8 cm³/mol. The Morgan fingerprint density at radius 2 is 1.91 bits per heavy atom. The second kappa shape index (κ2) is 6.78. The monoisotopic (exact) mass is 333 g/mol. The van der Waals surface area contributed by atoms with Crippen LogP contribution in [0.2, 0.25) is 0 Å². The molecular formula is C16H15NO5S. The van der Waals surface area contributed by atoms with Gasteiger partial charge in [-0.05, 0) is 30.3 Å². The Morgan fingerprint density at radius 1 is 1.13 bits per heavy atom. The Bertz CT molecular complexity index is 734. The second-order valence-corrected chi connectivity index (χ2v) is 5.97. The van der Waals surface area contributed by atoms with Crippen molar-refractivity contribution in [1.29, 1.82) is 0 Å². The molecule has 6 nitrogen and oxygen atoms in total. The molecule has 0 unspecified atom stereocenters. The van der Waals surface area contributed by atoms with E-state index in [4.69, 9.17) is 14.2 Å². The molecule has 0 bridgehead atoms. The highest BCUT2D eigenvalue weighted by Gasteiger charge is 2.18. The van der Waals surface area contributed by atoms with Gasteiger partial charge in [-0.15, -0.1) is 0 Å². The molecule has 1 aliphatic heterocycles. The lowest BCUT2D eigenvalue weighted by atomic mass is 10.3. The van der Waals surface area contributed by atoms with Gasteiger partial charge in [0, 0.05) is 11.3 Å². The van der Waals surface area contributed by atoms with E-state index in [9.17, 15) is 10.1 Å². The SMILES string of the molecule is COc1ccc(Sc2ccc3c(c2)OCCCO3)c([N+](=O)[O-])c1. The van der Waals surface area contributed by atoms with Crippen LogP contribution in [-0.2, 0) is 0 Å². The Balaban J connectivity index is 1.90. The molecule has 0 atom stereocenters. The van der Waals surface area contributed by atoms with Crippen LogP contribution in [-0.4, -0.2) is 25.2 Å². The maximum Gasteiger partial charge on any atom is 0.286 e. The van der Waals surface area contributed by atoms with Gasteiger partial charge in [-0.2, -0.15) is 0 Å². The van der Waals surface area contributed by atoms with Gasteiger partial charge in [-0.3, -0.25) is 10.1 Å². The van der Waals surface area contributed by atoms with E-state index >= 15 is 0 Å². The van der Waals surface area contributed by atoms with E-state index in [0.717, 1.165) is 11.3 Å².